The minimum Gasteiger partial charge on any atom is -0.496 e. The zero-order valence-electron chi connectivity index (χ0n) is 16.9. The summed E-state index contributed by atoms with van der Waals surface area (Å²) >= 11 is 0. The van der Waals surface area contributed by atoms with E-state index in [1.165, 1.54) is 0 Å². The van der Waals surface area contributed by atoms with Gasteiger partial charge in [0, 0.05) is 16.9 Å². The number of anilines is 2. The summed E-state index contributed by atoms with van der Waals surface area (Å²) in [5.41, 5.74) is 2.40. The Morgan fingerprint density at radius 3 is 1.70 bits per heavy atom. The third-order valence-corrected chi connectivity index (χ3v) is 4.57. The Hall–Kier alpha value is -3.64. The van der Waals surface area contributed by atoms with Gasteiger partial charge in [-0.1, -0.05) is 48.5 Å². The Morgan fingerprint density at radius 1 is 0.733 bits per heavy atom. The van der Waals surface area contributed by atoms with Gasteiger partial charge >= 0.3 is 0 Å². The molecule has 154 valence electrons. The first-order valence-corrected chi connectivity index (χ1v) is 9.79. The third kappa shape index (κ3) is 6.46. The predicted octanol–water partition coefficient (Wildman–Crippen LogP) is 2.36. The third-order valence-electron chi connectivity index (χ3n) is 4.57. The van der Waals surface area contributed by atoms with Crippen LogP contribution in [0.3, 0.4) is 0 Å². The van der Waals surface area contributed by atoms with Gasteiger partial charge in [0.15, 0.2) is 13.1 Å². The fraction of sp³-hybridized carbons (Fsp3) is 0.167. The lowest BCUT2D eigenvalue weighted by atomic mass is 10.2. The van der Waals surface area contributed by atoms with E-state index in [0.717, 1.165) is 27.6 Å². The van der Waals surface area contributed by atoms with Gasteiger partial charge in [0.05, 0.1) is 7.11 Å². The number of ether oxygens (including phenoxy) is 1. The van der Waals surface area contributed by atoms with Gasteiger partial charge in [0.1, 0.15) is 12.3 Å². The Balaban J connectivity index is 1.70. The molecule has 0 unspecified atom stereocenters. The van der Waals surface area contributed by atoms with Crippen molar-refractivity contribution < 1.29 is 19.2 Å². The first-order chi connectivity index (χ1) is 14.6. The average Bonchev–Trinajstić information content (AvgIpc) is 2.75. The Bertz CT molecular complexity index is 906. The van der Waals surface area contributed by atoms with E-state index >= 15 is 0 Å². The van der Waals surface area contributed by atoms with Crippen molar-refractivity contribution in [3.63, 3.8) is 0 Å². The summed E-state index contributed by atoms with van der Waals surface area (Å²) in [7, 11) is 1.61. The molecule has 0 saturated carbocycles. The fourth-order valence-electron chi connectivity index (χ4n) is 3.21. The molecule has 0 aliphatic carbocycles. The molecule has 0 heterocycles. The van der Waals surface area contributed by atoms with Crippen molar-refractivity contribution in [2.24, 2.45) is 0 Å². The van der Waals surface area contributed by atoms with Crippen molar-refractivity contribution in [3.05, 3.63) is 90.5 Å². The maximum atomic E-state index is 12.6. The summed E-state index contributed by atoms with van der Waals surface area (Å²) in [5.74, 6) is 0.430. The van der Waals surface area contributed by atoms with Crippen LogP contribution in [0.5, 0.6) is 5.75 Å². The second-order valence-electron chi connectivity index (χ2n) is 6.92. The molecular weight excluding hydrogens is 378 g/mol. The Morgan fingerprint density at radius 2 is 1.20 bits per heavy atom. The van der Waals surface area contributed by atoms with Crippen molar-refractivity contribution in [3.8, 4) is 5.75 Å². The first-order valence-electron chi connectivity index (χ1n) is 9.79. The number of amides is 2. The van der Waals surface area contributed by atoms with E-state index in [-0.39, 0.29) is 24.9 Å². The molecule has 0 bridgehead atoms. The molecule has 0 spiro atoms. The Labute approximate surface area is 176 Å². The van der Waals surface area contributed by atoms with E-state index in [9.17, 15) is 9.59 Å². The summed E-state index contributed by atoms with van der Waals surface area (Å²) < 4.78 is 5.43. The molecule has 0 aliphatic heterocycles. The minimum atomic E-state index is -0.154. The lowest BCUT2D eigenvalue weighted by molar-refractivity contribution is -0.897. The molecule has 0 saturated heterocycles. The lowest BCUT2D eigenvalue weighted by Gasteiger charge is -2.20. The molecule has 0 radical (unpaired) electrons. The topological polar surface area (TPSA) is 71.9 Å². The van der Waals surface area contributed by atoms with Crippen LogP contribution in [0.15, 0.2) is 84.9 Å². The smallest absolute Gasteiger partial charge is 0.279 e. The van der Waals surface area contributed by atoms with E-state index in [2.05, 4.69) is 10.6 Å². The van der Waals surface area contributed by atoms with Crippen LogP contribution in [0.1, 0.15) is 5.56 Å². The molecule has 0 fully saturated rings. The number of rotatable bonds is 9. The van der Waals surface area contributed by atoms with Gasteiger partial charge in [-0.15, -0.1) is 0 Å². The van der Waals surface area contributed by atoms with Gasteiger partial charge in [-0.3, -0.25) is 9.59 Å². The molecule has 3 aromatic carbocycles. The van der Waals surface area contributed by atoms with E-state index < -0.39 is 0 Å². The number of hydrogen-bond donors (Lipinski definition) is 3. The summed E-state index contributed by atoms with van der Waals surface area (Å²) in [4.78, 5) is 26.0. The Kier molecular flexibility index (Phi) is 7.58. The van der Waals surface area contributed by atoms with Crippen LogP contribution in [0.4, 0.5) is 11.4 Å². The first kappa shape index (κ1) is 21.1. The number of quaternary nitrogens is 1. The highest BCUT2D eigenvalue weighted by Gasteiger charge is 2.20. The molecule has 2 amide bonds. The molecule has 6 heteroatoms. The lowest BCUT2D eigenvalue weighted by Crippen LogP contribution is -3.12. The summed E-state index contributed by atoms with van der Waals surface area (Å²) in [5, 5.41) is 5.77. The van der Waals surface area contributed by atoms with Crippen LogP contribution in [0, 0.1) is 0 Å². The van der Waals surface area contributed by atoms with Crippen LogP contribution < -0.4 is 20.3 Å². The van der Waals surface area contributed by atoms with E-state index in [0.29, 0.717) is 6.54 Å². The zero-order valence-corrected chi connectivity index (χ0v) is 16.9. The highest BCUT2D eigenvalue weighted by Crippen LogP contribution is 2.15. The van der Waals surface area contributed by atoms with E-state index in [4.69, 9.17) is 4.74 Å². The zero-order chi connectivity index (χ0) is 21.2. The summed E-state index contributed by atoms with van der Waals surface area (Å²) in [6, 6.07) is 26.2. The van der Waals surface area contributed by atoms with Gasteiger partial charge in [-0.05, 0) is 36.4 Å². The number of carbonyl (C=O) groups is 2. The number of nitrogens with one attached hydrogen (secondary N) is 3. The van der Waals surface area contributed by atoms with Crippen LogP contribution >= 0.6 is 0 Å². The van der Waals surface area contributed by atoms with Crippen molar-refractivity contribution >= 4 is 23.2 Å². The van der Waals surface area contributed by atoms with Crippen LogP contribution in [-0.4, -0.2) is 32.0 Å². The number of hydrogen-bond acceptors (Lipinski definition) is 3. The quantitative estimate of drug-likeness (QED) is 0.513. The highest BCUT2D eigenvalue weighted by atomic mass is 16.5. The van der Waals surface area contributed by atoms with Crippen molar-refractivity contribution in [1.82, 2.24) is 0 Å². The standard InChI is InChI=1S/C24H25N3O3/c1-30-22-15-9-8-10-19(22)16-27(17-23(28)25-20-11-4-2-5-12-20)18-24(29)26-21-13-6-3-7-14-21/h2-15H,16-18H2,1H3,(H,25,28)(H,26,29)/p+1. The molecule has 0 atom stereocenters. The predicted molar refractivity (Wildman–Crippen MR) is 118 cm³/mol. The molecule has 0 aliphatic rings. The van der Waals surface area contributed by atoms with E-state index in [1.807, 2.05) is 84.9 Å². The minimum absolute atomic E-state index is 0.148. The molecular formula is C24H26N3O3+. The van der Waals surface area contributed by atoms with Gasteiger partial charge in [0.2, 0.25) is 0 Å². The van der Waals surface area contributed by atoms with Crippen LogP contribution in [0.2, 0.25) is 0 Å². The van der Waals surface area contributed by atoms with Crippen molar-refractivity contribution in [2.45, 2.75) is 6.54 Å². The summed E-state index contributed by atoms with van der Waals surface area (Å²) in [6.07, 6.45) is 0. The second kappa shape index (κ2) is 10.8. The fourth-order valence-corrected chi connectivity index (χ4v) is 3.21. The van der Waals surface area contributed by atoms with Gasteiger partial charge < -0.3 is 20.3 Å². The maximum Gasteiger partial charge on any atom is 0.279 e. The SMILES string of the molecule is COc1ccccc1C[NH+](CC(=O)Nc1ccccc1)CC(=O)Nc1ccccc1. The van der Waals surface area contributed by atoms with Crippen LogP contribution in [0.25, 0.3) is 0 Å². The number of para-hydroxylation sites is 3. The maximum absolute atomic E-state index is 12.6. The van der Waals surface area contributed by atoms with Gasteiger partial charge in [-0.2, -0.15) is 0 Å². The van der Waals surface area contributed by atoms with Gasteiger partial charge in [0.25, 0.3) is 11.8 Å². The number of carbonyl (C=O) groups excluding carboxylic acids is 2. The molecule has 3 aromatic rings. The molecule has 3 rings (SSSR count). The average molecular weight is 404 g/mol. The molecule has 30 heavy (non-hydrogen) atoms. The second-order valence-corrected chi connectivity index (χ2v) is 6.92. The molecule has 0 aromatic heterocycles. The van der Waals surface area contributed by atoms with E-state index in [1.54, 1.807) is 7.11 Å². The number of benzene rings is 3. The number of methoxy groups -OCH3 is 1. The largest absolute Gasteiger partial charge is 0.496 e. The normalized spacial score (nSPS) is 10.5. The van der Waals surface area contributed by atoms with Crippen molar-refractivity contribution in [1.29, 1.82) is 0 Å². The molecule has 6 nitrogen and oxygen atoms in total. The monoisotopic (exact) mass is 404 g/mol. The van der Waals surface area contributed by atoms with Crippen LogP contribution in [-0.2, 0) is 16.1 Å². The van der Waals surface area contributed by atoms with Gasteiger partial charge in [-0.25, -0.2) is 0 Å². The highest BCUT2D eigenvalue weighted by molar-refractivity contribution is 5.93. The van der Waals surface area contributed by atoms with Crippen molar-refractivity contribution in [2.75, 3.05) is 30.8 Å². The molecule has 3 N–H and O–H groups in total. The summed E-state index contributed by atoms with van der Waals surface area (Å²) in [6.45, 7) is 0.777.